The average Bonchev–Trinajstić information content (AvgIpc) is 2.81. The third-order valence-corrected chi connectivity index (χ3v) is 4.77. The van der Waals surface area contributed by atoms with E-state index >= 15 is 0 Å². The van der Waals surface area contributed by atoms with Crippen LogP contribution < -0.4 is 5.73 Å². The summed E-state index contributed by atoms with van der Waals surface area (Å²) in [7, 11) is 0. The minimum absolute atomic E-state index is 0.0723. The van der Waals surface area contributed by atoms with Crippen LogP contribution in [0.2, 0.25) is 10.0 Å². The maximum Gasteiger partial charge on any atom is 0.350 e. The minimum Gasteiger partial charge on any atom is -0.453 e. The molecule has 0 unspecified atom stereocenters. The second-order valence-electron chi connectivity index (χ2n) is 4.55. The van der Waals surface area contributed by atoms with Gasteiger partial charge in [-0.05, 0) is 19.1 Å². The van der Waals surface area contributed by atoms with Crippen LogP contribution in [0.5, 0.6) is 0 Å². The number of benzene rings is 1. The highest BCUT2D eigenvalue weighted by Gasteiger charge is 2.21. The summed E-state index contributed by atoms with van der Waals surface area (Å²) in [6.07, 6.45) is 0. The van der Waals surface area contributed by atoms with Gasteiger partial charge >= 0.3 is 5.97 Å². The standard InChI is InChI=1S/C15H10Cl2N2O3S/c1-7(19)10(5-18)11(20)6-22-15(21)14-13(17)9-3-2-8(16)4-12(9)23-14/h2-4H,6,19H2,1H3/b10-7-. The van der Waals surface area contributed by atoms with Crippen LogP contribution in [-0.4, -0.2) is 18.4 Å². The lowest BCUT2D eigenvalue weighted by Crippen LogP contribution is -2.17. The molecule has 0 atom stereocenters. The molecule has 2 aromatic rings. The number of nitrogens with zero attached hydrogens (tertiary/aromatic N) is 1. The molecule has 0 radical (unpaired) electrons. The van der Waals surface area contributed by atoms with Gasteiger partial charge in [0.05, 0.1) is 5.02 Å². The Morgan fingerprint density at radius 2 is 2.09 bits per heavy atom. The van der Waals surface area contributed by atoms with Crippen molar-refractivity contribution in [1.82, 2.24) is 0 Å². The van der Waals surface area contributed by atoms with Crippen LogP contribution in [0.1, 0.15) is 16.6 Å². The Morgan fingerprint density at radius 3 is 2.70 bits per heavy atom. The molecule has 0 aliphatic rings. The lowest BCUT2D eigenvalue weighted by atomic mass is 10.1. The minimum atomic E-state index is -0.743. The summed E-state index contributed by atoms with van der Waals surface area (Å²) >= 11 is 13.2. The first-order valence-corrected chi connectivity index (χ1v) is 7.86. The summed E-state index contributed by atoms with van der Waals surface area (Å²) in [5.41, 5.74) is 5.26. The number of thiophene rings is 1. The van der Waals surface area contributed by atoms with E-state index in [-0.39, 0.29) is 21.2 Å². The Hall–Kier alpha value is -2.07. The molecule has 1 aromatic carbocycles. The van der Waals surface area contributed by atoms with E-state index < -0.39 is 18.4 Å². The molecule has 118 valence electrons. The van der Waals surface area contributed by atoms with Gasteiger partial charge in [-0.3, -0.25) is 4.79 Å². The first-order chi connectivity index (χ1) is 10.8. The molecule has 0 saturated carbocycles. The van der Waals surface area contributed by atoms with Crippen molar-refractivity contribution in [3.63, 3.8) is 0 Å². The predicted molar refractivity (Wildman–Crippen MR) is 89.6 cm³/mol. The number of fused-ring (bicyclic) bond motifs is 1. The third-order valence-electron chi connectivity index (χ3n) is 2.90. The molecule has 2 rings (SSSR count). The predicted octanol–water partition coefficient (Wildman–Crippen LogP) is 3.69. The molecule has 0 aliphatic heterocycles. The molecule has 0 bridgehead atoms. The fourth-order valence-electron chi connectivity index (χ4n) is 1.81. The number of allylic oxidation sites excluding steroid dienone is 1. The summed E-state index contributed by atoms with van der Waals surface area (Å²) in [4.78, 5) is 24.0. The number of ether oxygens (including phenoxy) is 1. The lowest BCUT2D eigenvalue weighted by molar-refractivity contribution is -0.118. The molecular formula is C15H10Cl2N2O3S. The molecule has 0 spiro atoms. The lowest BCUT2D eigenvalue weighted by Gasteiger charge is -2.03. The number of ketones is 1. The van der Waals surface area contributed by atoms with E-state index in [4.69, 9.17) is 38.9 Å². The number of rotatable bonds is 4. The number of esters is 1. The highest BCUT2D eigenvalue weighted by atomic mass is 35.5. The van der Waals surface area contributed by atoms with E-state index in [1.807, 2.05) is 0 Å². The molecule has 2 N–H and O–H groups in total. The SMILES string of the molecule is C/C(N)=C(\C#N)C(=O)COC(=O)c1sc2cc(Cl)ccc2c1Cl. The summed E-state index contributed by atoms with van der Waals surface area (Å²) in [6, 6.07) is 6.73. The zero-order valence-electron chi connectivity index (χ0n) is 11.9. The molecule has 0 amide bonds. The zero-order valence-corrected chi connectivity index (χ0v) is 14.2. The van der Waals surface area contributed by atoms with Gasteiger partial charge < -0.3 is 10.5 Å². The molecule has 5 nitrogen and oxygen atoms in total. The van der Waals surface area contributed by atoms with E-state index in [0.717, 1.165) is 16.0 Å². The number of nitriles is 1. The normalized spacial score (nSPS) is 11.7. The Bertz CT molecular complexity index is 877. The number of hydrogen-bond acceptors (Lipinski definition) is 6. The fourth-order valence-corrected chi connectivity index (χ4v) is 3.49. The van der Waals surface area contributed by atoms with Crippen molar-refractivity contribution >= 4 is 56.4 Å². The monoisotopic (exact) mass is 368 g/mol. The van der Waals surface area contributed by atoms with E-state index in [2.05, 4.69) is 0 Å². The quantitative estimate of drug-likeness (QED) is 0.504. The Kier molecular flexibility index (Phi) is 5.26. The molecular weight excluding hydrogens is 359 g/mol. The Labute approximate surface area is 145 Å². The first-order valence-electron chi connectivity index (χ1n) is 6.29. The van der Waals surface area contributed by atoms with Crippen LogP contribution in [0.4, 0.5) is 0 Å². The largest absolute Gasteiger partial charge is 0.453 e. The zero-order chi connectivity index (χ0) is 17.1. The topological polar surface area (TPSA) is 93.2 Å². The van der Waals surface area contributed by atoms with E-state index in [9.17, 15) is 9.59 Å². The van der Waals surface area contributed by atoms with Crippen molar-refractivity contribution in [2.24, 2.45) is 5.73 Å². The van der Waals surface area contributed by atoms with Gasteiger partial charge in [0.25, 0.3) is 0 Å². The second kappa shape index (κ2) is 7.01. The third kappa shape index (κ3) is 3.64. The van der Waals surface area contributed by atoms with Crippen LogP contribution in [0.15, 0.2) is 29.5 Å². The van der Waals surface area contributed by atoms with Gasteiger partial charge in [-0.2, -0.15) is 5.26 Å². The van der Waals surface area contributed by atoms with E-state index in [0.29, 0.717) is 10.4 Å². The van der Waals surface area contributed by atoms with Gasteiger partial charge in [0, 0.05) is 20.8 Å². The summed E-state index contributed by atoms with van der Waals surface area (Å²) < 4.78 is 5.66. The highest BCUT2D eigenvalue weighted by Crippen LogP contribution is 2.37. The van der Waals surface area contributed by atoms with Crippen LogP contribution in [0, 0.1) is 11.3 Å². The van der Waals surface area contributed by atoms with Crippen molar-refractivity contribution in [3.05, 3.63) is 44.4 Å². The average molecular weight is 369 g/mol. The molecule has 0 aliphatic carbocycles. The molecule has 23 heavy (non-hydrogen) atoms. The molecule has 0 fully saturated rings. The second-order valence-corrected chi connectivity index (χ2v) is 6.42. The molecule has 0 saturated heterocycles. The number of halogens is 2. The van der Waals surface area contributed by atoms with E-state index in [1.165, 1.54) is 6.92 Å². The molecule has 1 heterocycles. The number of carbonyl (C=O) groups is 2. The maximum atomic E-state index is 12.1. The van der Waals surface area contributed by atoms with Crippen LogP contribution in [0.25, 0.3) is 10.1 Å². The van der Waals surface area contributed by atoms with Gasteiger partial charge in [0.1, 0.15) is 16.5 Å². The number of Topliss-reactive ketones (excluding diaryl/α,β-unsaturated/α-hetero) is 1. The number of nitrogens with two attached hydrogens (primary N) is 1. The van der Waals surface area contributed by atoms with Crippen molar-refractivity contribution < 1.29 is 14.3 Å². The van der Waals surface area contributed by atoms with Gasteiger partial charge in [0.15, 0.2) is 6.61 Å². The summed E-state index contributed by atoms with van der Waals surface area (Å²) in [5, 5.41) is 10.3. The van der Waals surface area contributed by atoms with Crippen LogP contribution in [0.3, 0.4) is 0 Å². The summed E-state index contributed by atoms with van der Waals surface area (Å²) in [6.45, 7) is 0.840. The maximum absolute atomic E-state index is 12.1. The van der Waals surface area contributed by atoms with E-state index in [1.54, 1.807) is 24.3 Å². The smallest absolute Gasteiger partial charge is 0.350 e. The summed E-state index contributed by atoms with van der Waals surface area (Å²) in [5.74, 6) is -1.41. The highest BCUT2D eigenvalue weighted by molar-refractivity contribution is 7.21. The van der Waals surface area contributed by atoms with Gasteiger partial charge in [0.2, 0.25) is 5.78 Å². The van der Waals surface area contributed by atoms with Gasteiger partial charge in [-0.15, -0.1) is 11.3 Å². The van der Waals surface area contributed by atoms with Crippen LogP contribution >= 0.6 is 34.5 Å². The van der Waals surface area contributed by atoms with Crippen molar-refractivity contribution in [2.45, 2.75) is 6.92 Å². The number of carbonyl (C=O) groups excluding carboxylic acids is 2. The van der Waals surface area contributed by atoms with Crippen molar-refractivity contribution in [3.8, 4) is 6.07 Å². The van der Waals surface area contributed by atoms with Crippen LogP contribution in [-0.2, 0) is 9.53 Å². The van der Waals surface area contributed by atoms with Crippen molar-refractivity contribution in [2.75, 3.05) is 6.61 Å². The van der Waals surface area contributed by atoms with Gasteiger partial charge in [-0.25, -0.2) is 4.79 Å². The molecule has 1 aromatic heterocycles. The Morgan fingerprint density at radius 1 is 1.39 bits per heavy atom. The van der Waals surface area contributed by atoms with Gasteiger partial charge in [-0.1, -0.05) is 29.3 Å². The molecule has 8 heteroatoms. The first kappa shape index (κ1) is 17.3. The fraction of sp³-hybridized carbons (Fsp3) is 0.133. The number of hydrogen-bond donors (Lipinski definition) is 1. The van der Waals surface area contributed by atoms with Crippen molar-refractivity contribution in [1.29, 1.82) is 5.26 Å². The Balaban J connectivity index is 2.19.